The SMILES string of the molecule is COc1ccc(OCC2CCN(C(=O)N3CC[C@@H]4OCC(=O)N[C@@H]4C3)CC2)c(F)c1. The molecular formula is C21H28FN3O5. The van der Waals surface area contributed by atoms with Crippen molar-refractivity contribution in [3.8, 4) is 11.5 Å². The Balaban J connectivity index is 1.23. The fourth-order valence-electron chi connectivity index (χ4n) is 4.30. The summed E-state index contributed by atoms with van der Waals surface area (Å²) in [6.45, 7) is 2.93. The number of morpholine rings is 1. The molecule has 3 amide bonds. The van der Waals surface area contributed by atoms with E-state index in [2.05, 4.69) is 5.32 Å². The monoisotopic (exact) mass is 421 g/mol. The van der Waals surface area contributed by atoms with Gasteiger partial charge in [0.25, 0.3) is 0 Å². The summed E-state index contributed by atoms with van der Waals surface area (Å²) >= 11 is 0. The highest BCUT2D eigenvalue weighted by molar-refractivity contribution is 5.79. The number of hydrogen-bond donors (Lipinski definition) is 1. The summed E-state index contributed by atoms with van der Waals surface area (Å²) in [5, 5.41) is 2.93. The zero-order valence-corrected chi connectivity index (χ0v) is 17.1. The minimum atomic E-state index is -0.441. The number of methoxy groups -OCH3 is 1. The van der Waals surface area contributed by atoms with E-state index in [0.29, 0.717) is 38.5 Å². The predicted molar refractivity (Wildman–Crippen MR) is 106 cm³/mol. The summed E-state index contributed by atoms with van der Waals surface area (Å²) in [6.07, 6.45) is 2.34. The Morgan fingerprint density at radius 3 is 2.73 bits per heavy atom. The minimum Gasteiger partial charge on any atom is -0.497 e. The standard InChI is InChI=1S/C21H28FN3O5/c1-28-15-2-3-18(16(22)10-15)29-12-14-4-7-24(8-5-14)21(27)25-9-6-19-17(11-25)23-20(26)13-30-19/h2-3,10,14,17,19H,4-9,11-13H2,1H3,(H,23,26)/t17-,19+/m1/s1. The van der Waals surface area contributed by atoms with E-state index in [9.17, 15) is 14.0 Å². The van der Waals surface area contributed by atoms with Crippen molar-refractivity contribution in [3.63, 3.8) is 0 Å². The zero-order chi connectivity index (χ0) is 21.1. The first-order valence-corrected chi connectivity index (χ1v) is 10.4. The fraction of sp³-hybridized carbons (Fsp3) is 0.619. The van der Waals surface area contributed by atoms with Gasteiger partial charge in [0.15, 0.2) is 11.6 Å². The highest BCUT2D eigenvalue weighted by Crippen LogP contribution is 2.26. The van der Waals surface area contributed by atoms with Crippen LogP contribution in [0.25, 0.3) is 0 Å². The van der Waals surface area contributed by atoms with Crippen molar-refractivity contribution in [2.45, 2.75) is 31.4 Å². The van der Waals surface area contributed by atoms with Crippen LogP contribution in [0.5, 0.6) is 11.5 Å². The molecule has 1 N–H and O–H groups in total. The van der Waals surface area contributed by atoms with E-state index in [1.807, 2.05) is 4.90 Å². The van der Waals surface area contributed by atoms with Gasteiger partial charge >= 0.3 is 6.03 Å². The molecule has 2 atom stereocenters. The van der Waals surface area contributed by atoms with Gasteiger partial charge in [0.2, 0.25) is 5.91 Å². The number of ether oxygens (including phenoxy) is 3. The van der Waals surface area contributed by atoms with Crippen molar-refractivity contribution in [1.82, 2.24) is 15.1 Å². The first-order valence-electron chi connectivity index (χ1n) is 10.4. The van der Waals surface area contributed by atoms with Crippen LogP contribution in [0.1, 0.15) is 19.3 Å². The summed E-state index contributed by atoms with van der Waals surface area (Å²) < 4.78 is 30.2. The molecule has 1 aromatic carbocycles. The number of likely N-dealkylation sites (tertiary alicyclic amines) is 2. The third kappa shape index (κ3) is 4.61. The molecule has 0 radical (unpaired) electrons. The van der Waals surface area contributed by atoms with Gasteiger partial charge < -0.3 is 29.3 Å². The van der Waals surface area contributed by atoms with E-state index in [1.54, 1.807) is 17.0 Å². The average Bonchev–Trinajstić information content (AvgIpc) is 2.77. The Kier molecular flexibility index (Phi) is 6.26. The summed E-state index contributed by atoms with van der Waals surface area (Å²) in [4.78, 5) is 28.1. The van der Waals surface area contributed by atoms with Crippen LogP contribution in [-0.2, 0) is 9.53 Å². The molecule has 0 aromatic heterocycles. The molecule has 164 valence electrons. The second kappa shape index (κ2) is 9.07. The van der Waals surface area contributed by atoms with E-state index >= 15 is 0 Å². The van der Waals surface area contributed by atoms with Crippen LogP contribution >= 0.6 is 0 Å². The van der Waals surface area contributed by atoms with Crippen molar-refractivity contribution in [3.05, 3.63) is 24.0 Å². The van der Waals surface area contributed by atoms with Gasteiger partial charge in [-0.25, -0.2) is 9.18 Å². The number of amides is 3. The van der Waals surface area contributed by atoms with E-state index in [0.717, 1.165) is 19.3 Å². The smallest absolute Gasteiger partial charge is 0.320 e. The number of nitrogens with zero attached hydrogens (tertiary/aromatic N) is 2. The highest BCUT2D eigenvalue weighted by Gasteiger charge is 2.38. The minimum absolute atomic E-state index is 0.00650. The number of halogens is 1. The number of carbonyl (C=O) groups is 2. The maximum atomic E-state index is 14.0. The average molecular weight is 421 g/mol. The number of hydrogen-bond acceptors (Lipinski definition) is 5. The van der Waals surface area contributed by atoms with Crippen molar-refractivity contribution >= 4 is 11.9 Å². The zero-order valence-electron chi connectivity index (χ0n) is 17.1. The maximum absolute atomic E-state index is 14.0. The van der Waals surface area contributed by atoms with Gasteiger partial charge in [0.05, 0.1) is 25.9 Å². The fourth-order valence-corrected chi connectivity index (χ4v) is 4.30. The Labute approximate surface area is 175 Å². The molecule has 9 heteroatoms. The molecule has 3 aliphatic heterocycles. The molecule has 0 aliphatic carbocycles. The van der Waals surface area contributed by atoms with E-state index in [1.165, 1.54) is 13.2 Å². The van der Waals surface area contributed by atoms with Crippen LogP contribution < -0.4 is 14.8 Å². The quantitative estimate of drug-likeness (QED) is 0.800. The first-order chi connectivity index (χ1) is 14.5. The number of nitrogens with one attached hydrogen (secondary N) is 1. The maximum Gasteiger partial charge on any atom is 0.320 e. The van der Waals surface area contributed by atoms with Crippen LogP contribution in [0.15, 0.2) is 18.2 Å². The number of urea groups is 1. The Morgan fingerprint density at radius 2 is 2.00 bits per heavy atom. The third-order valence-electron chi connectivity index (χ3n) is 6.09. The Bertz CT molecular complexity index is 784. The molecule has 30 heavy (non-hydrogen) atoms. The van der Waals surface area contributed by atoms with Crippen LogP contribution in [0.3, 0.4) is 0 Å². The number of benzene rings is 1. The number of piperidine rings is 2. The molecule has 0 unspecified atom stereocenters. The normalized spacial score (nSPS) is 24.8. The van der Waals surface area contributed by atoms with E-state index < -0.39 is 5.82 Å². The van der Waals surface area contributed by atoms with Crippen molar-refractivity contribution in [2.24, 2.45) is 5.92 Å². The van der Waals surface area contributed by atoms with Gasteiger partial charge in [-0.2, -0.15) is 0 Å². The summed E-state index contributed by atoms with van der Waals surface area (Å²) in [5.41, 5.74) is 0. The van der Waals surface area contributed by atoms with E-state index in [4.69, 9.17) is 14.2 Å². The molecule has 3 heterocycles. The van der Waals surface area contributed by atoms with Crippen LogP contribution in [0.2, 0.25) is 0 Å². The topological polar surface area (TPSA) is 80.3 Å². The first kappa shape index (κ1) is 20.7. The number of carbonyl (C=O) groups excluding carboxylic acids is 2. The second-order valence-corrected chi connectivity index (χ2v) is 8.08. The van der Waals surface area contributed by atoms with Crippen LogP contribution in [-0.4, -0.2) is 80.4 Å². The Morgan fingerprint density at radius 1 is 1.23 bits per heavy atom. The van der Waals surface area contributed by atoms with Gasteiger partial charge in [-0.3, -0.25) is 4.79 Å². The van der Waals surface area contributed by atoms with Crippen LogP contribution in [0.4, 0.5) is 9.18 Å². The van der Waals surface area contributed by atoms with Crippen molar-refractivity contribution < 1.29 is 28.2 Å². The lowest BCUT2D eigenvalue weighted by Gasteiger charge is -2.43. The summed E-state index contributed by atoms with van der Waals surface area (Å²) in [6, 6.07) is 4.43. The lowest BCUT2D eigenvalue weighted by Crippen LogP contribution is -2.62. The van der Waals surface area contributed by atoms with Gasteiger partial charge in [0.1, 0.15) is 12.4 Å². The van der Waals surface area contributed by atoms with E-state index in [-0.39, 0.29) is 42.4 Å². The molecule has 0 bridgehead atoms. The molecule has 3 saturated heterocycles. The van der Waals surface area contributed by atoms with Gasteiger partial charge in [-0.15, -0.1) is 0 Å². The molecule has 4 rings (SSSR count). The molecule has 3 fully saturated rings. The third-order valence-corrected chi connectivity index (χ3v) is 6.09. The molecule has 3 aliphatic rings. The molecular weight excluding hydrogens is 393 g/mol. The van der Waals surface area contributed by atoms with Crippen LogP contribution in [0, 0.1) is 11.7 Å². The lowest BCUT2D eigenvalue weighted by atomic mass is 9.97. The molecule has 0 saturated carbocycles. The second-order valence-electron chi connectivity index (χ2n) is 8.08. The summed E-state index contributed by atoms with van der Waals surface area (Å²) in [7, 11) is 1.49. The predicted octanol–water partition coefficient (Wildman–Crippen LogP) is 1.63. The molecule has 8 nitrogen and oxygen atoms in total. The van der Waals surface area contributed by atoms with Crippen molar-refractivity contribution in [1.29, 1.82) is 0 Å². The van der Waals surface area contributed by atoms with Gasteiger partial charge in [-0.05, 0) is 37.3 Å². The van der Waals surface area contributed by atoms with Crippen molar-refractivity contribution in [2.75, 3.05) is 46.5 Å². The molecule has 0 spiro atoms. The highest BCUT2D eigenvalue weighted by atomic mass is 19.1. The lowest BCUT2D eigenvalue weighted by molar-refractivity contribution is -0.139. The van der Waals surface area contributed by atoms with Gasteiger partial charge in [-0.1, -0.05) is 0 Å². The largest absolute Gasteiger partial charge is 0.497 e. The molecule has 1 aromatic rings. The van der Waals surface area contributed by atoms with Gasteiger partial charge in [0, 0.05) is 32.2 Å². The number of fused-ring (bicyclic) bond motifs is 1. The number of rotatable bonds is 4. The summed E-state index contributed by atoms with van der Waals surface area (Å²) in [5.74, 6) is 0.375. The Hall–Kier alpha value is -2.55.